The Morgan fingerprint density at radius 3 is 2.40 bits per heavy atom. The van der Waals surface area contributed by atoms with Crippen molar-refractivity contribution in [3.05, 3.63) is 64.2 Å². The number of amides is 1. The van der Waals surface area contributed by atoms with Crippen molar-refractivity contribution in [1.82, 2.24) is 4.90 Å². The fourth-order valence-corrected chi connectivity index (χ4v) is 3.70. The number of unbranched alkanes of at least 4 members (excludes halogenated alkanes) is 1. The molecule has 6 nitrogen and oxygen atoms in total. The first kappa shape index (κ1) is 21.7. The van der Waals surface area contributed by atoms with Crippen molar-refractivity contribution in [2.24, 2.45) is 0 Å². The monoisotopic (exact) mass is 429 g/mol. The van der Waals surface area contributed by atoms with Crippen molar-refractivity contribution >= 4 is 29.1 Å². The minimum absolute atomic E-state index is 0.0295. The molecule has 2 aromatic rings. The van der Waals surface area contributed by atoms with Gasteiger partial charge in [0.1, 0.15) is 17.3 Å². The van der Waals surface area contributed by atoms with Crippen molar-refractivity contribution in [2.45, 2.75) is 25.8 Å². The van der Waals surface area contributed by atoms with E-state index in [2.05, 4.69) is 0 Å². The largest absolute Gasteiger partial charge is 0.507 e. The average Bonchev–Trinajstić information content (AvgIpc) is 3.01. The maximum absolute atomic E-state index is 13.0. The van der Waals surface area contributed by atoms with Crippen LogP contribution in [0, 0.1) is 0 Å². The van der Waals surface area contributed by atoms with Gasteiger partial charge in [-0.15, -0.1) is 0 Å². The fraction of sp³-hybridized carbons (Fsp3) is 0.304. The molecule has 2 aromatic carbocycles. The molecule has 1 heterocycles. The topological polar surface area (TPSA) is 76.1 Å². The Hall–Kier alpha value is -2.99. The van der Waals surface area contributed by atoms with Crippen molar-refractivity contribution in [3.63, 3.8) is 0 Å². The summed E-state index contributed by atoms with van der Waals surface area (Å²) in [5, 5.41) is 11.5. The summed E-state index contributed by atoms with van der Waals surface area (Å²) >= 11 is 5.95. The molecule has 0 aromatic heterocycles. The Morgan fingerprint density at radius 2 is 1.80 bits per heavy atom. The molecule has 0 spiro atoms. The molecule has 1 N–H and O–H groups in total. The van der Waals surface area contributed by atoms with Gasteiger partial charge in [0.15, 0.2) is 0 Å². The summed E-state index contributed by atoms with van der Waals surface area (Å²) < 4.78 is 10.8. The third-order valence-electron chi connectivity index (χ3n) is 5.15. The quantitative estimate of drug-likeness (QED) is 0.396. The maximum atomic E-state index is 13.0. The molecule has 1 atom stereocenters. The molecule has 1 saturated heterocycles. The minimum atomic E-state index is -0.770. The molecule has 1 amide bonds. The first-order chi connectivity index (χ1) is 14.4. The lowest BCUT2D eigenvalue weighted by molar-refractivity contribution is -0.139. The van der Waals surface area contributed by atoms with Crippen LogP contribution in [0.25, 0.3) is 5.76 Å². The second kappa shape index (κ2) is 9.22. The molecule has 0 radical (unpaired) electrons. The molecular weight excluding hydrogens is 406 g/mol. The number of aliphatic hydroxyl groups excluding tert-OH is 1. The molecule has 3 rings (SSSR count). The van der Waals surface area contributed by atoms with Crippen LogP contribution in [-0.4, -0.2) is 42.5 Å². The van der Waals surface area contributed by atoms with E-state index in [9.17, 15) is 14.7 Å². The highest BCUT2D eigenvalue weighted by molar-refractivity contribution is 6.46. The molecule has 1 aliphatic rings. The van der Waals surface area contributed by atoms with Gasteiger partial charge in [0.05, 0.1) is 25.8 Å². The van der Waals surface area contributed by atoms with Crippen LogP contribution in [0.3, 0.4) is 0 Å². The molecule has 1 unspecified atom stereocenters. The van der Waals surface area contributed by atoms with Gasteiger partial charge < -0.3 is 19.5 Å². The number of carbonyl (C=O) groups excluding carboxylic acids is 2. The average molecular weight is 430 g/mol. The summed E-state index contributed by atoms with van der Waals surface area (Å²) in [6, 6.07) is 10.9. The van der Waals surface area contributed by atoms with Crippen molar-refractivity contribution in [2.75, 3.05) is 20.8 Å². The van der Waals surface area contributed by atoms with Crippen LogP contribution >= 0.6 is 11.6 Å². The van der Waals surface area contributed by atoms with Crippen LogP contribution in [0.2, 0.25) is 5.02 Å². The van der Waals surface area contributed by atoms with Crippen LogP contribution in [0.5, 0.6) is 11.5 Å². The number of rotatable bonds is 7. The highest BCUT2D eigenvalue weighted by atomic mass is 35.5. The lowest BCUT2D eigenvalue weighted by atomic mass is 9.94. The number of benzene rings is 2. The molecule has 0 saturated carbocycles. The van der Waals surface area contributed by atoms with Gasteiger partial charge in [-0.05, 0) is 42.8 Å². The van der Waals surface area contributed by atoms with Crippen molar-refractivity contribution < 1.29 is 24.2 Å². The second-order valence-electron chi connectivity index (χ2n) is 6.96. The molecule has 0 aliphatic carbocycles. The molecule has 30 heavy (non-hydrogen) atoms. The summed E-state index contributed by atoms with van der Waals surface area (Å²) in [5.41, 5.74) is 1.04. The Morgan fingerprint density at radius 1 is 1.10 bits per heavy atom. The van der Waals surface area contributed by atoms with Gasteiger partial charge in [0.25, 0.3) is 11.7 Å². The molecule has 158 valence electrons. The second-order valence-corrected chi connectivity index (χ2v) is 7.40. The number of ether oxygens (including phenoxy) is 2. The van der Waals surface area contributed by atoms with Gasteiger partial charge in [-0.2, -0.15) is 0 Å². The van der Waals surface area contributed by atoms with Crippen LogP contribution in [0.15, 0.2) is 48.0 Å². The van der Waals surface area contributed by atoms with E-state index in [1.165, 1.54) is 12.0 Å². The summed E-state index contributed by atoms with van der Waals surface area (Å²) in [6.07, 6.45) is 1.58. The van der Waals surface area contributed by atoms with E-state index in [0.29, 0.717) is 34.2 Å². The van der Waals surface area contributed by atoms with Gasteiger partial charge in [-0.3, -0.25) is 9.59 Å². The third-order valence-corrected chi connectivity index (χ3v) is 5.40. The lowest BCUT2D eigenvalue weighted by Gasteiger charge is -2.26. The van der Waals surface area contributed by atoms with Crippen LogP contribution in [0.4, 0.5) is 0 Å². The Kier molecular flexibility index (Phi) is 6.67. The standard InChI is InChI=1S/C23H24ClNO5/c1-4-5-12-25-20(17-11-10-16(29-2)13-18(17)30-3)19(22(27)23(25)28)21(26)14-6-8-15(24)9-7-14/h6-11,13,20,26H,4-5,12H2,1-3H3/b21-19-. The van der Waals surface area contributed by atoms with E-state index in [1.54, 1.807) is 49.6 Å². The van der Waals surface area contributed by atoms with Gasteiger partial charge >= 0.3 is 0 Å². The first-order valence-corrected chi connectivity index (χ1v) is 10.1. The third kappa shape index (κ3) is 4.00. The maximum Gasteiger partial charge on any atom is 0.295 e. The predicted octanol–water partition coefficient (Wildman–Crippen LogP) is 4.58. The Bertz CT molecular complexity index is 984. The Balaban J connectivity index is 2.21. The van der Waals surface area contributed by atoms with Crippen molar-refractivity contribution in [3.8, 4) is 11.5 Å². The predicted molar refractivity (Wildman–Crippen MR) is 115 cm³/mol. The number of halogens is 1. The highest BCUT2D eigenvalue weighted by Crippen LogP contribution is 2.43. The van der Waals surface area contributed by atoms with Crippen LogP contribution in [0.1, 0.15) is 36.9 Å². The number of ketones is 1. The number of hydrogen-bond donors (Lipinski definition) is 1. The van der Waals surface area contributed by atoms with Gasteiger partial charge in [-0.1, -0.05) is 24.9 Å². The SMILES string of the molecule is CCCCN1C(=O)C(=O)/C(=C(\O)c2ccc(Cl)cc2)C1c1ccc(OC)cc1OC. The van der Waals surface area contributed by atoms with Crippen LogP contribution < -0.4 is 9.47 Å². The van der Waals surface area contributed by atoms with Crippen molar-refractivity contribution in [1.29, 1.82) is 0 Å². The first-order valence-electron chi connectivity index (χ1n) is 9.69. The van der Waals surface area contributed by atoms with E-state index < -0.39 is 17.7 Å². The number of nitrogens with zero attached hydrogens (tertiary/aromatic N) is 1. The minimum Gasteiger partial charge on any atom is -0.507 e. The summed E-state index contributed by atoms with van der Waals surface area (Å²) in [7, 11) is 3.05. The fourth-order valence-electron chi connectivity index (χ4n) is 3.57. The van der Waals surface area contributed by atoms with E-state index in [0.717, 1.165) is 12.8 Å². The molecule has 7 heteroatoms. The summed E-state index contributed by atoms with van der Waals surface area (Å²) in [4.78, 5) is 27.3. The number of Topliss-reactive ketones (excluding diaryl/α,β-unsaturated/α-hetero) is 1. The van der Waals surface area contributed by atoms with E-state index in [1.807, 2.05) is 6.92 Å². The van der Waals surface area contributed by atoms with Gasteiger partial charge in [-0.25, -0.2) is 0 Å². The smallest absolute Gasteiger partial charge is 0.295 e. The molecule has 0 bridgehead atoms. The number of likely N-dealkylation sites (tertiary alicyclic amines) is 1. The zero-order valence-electron chi connectivity index (χ0n) is 17.1. The van der Waals surface area contributed by atoms with Gasteiger partial charge in [0.2, 0.25) is 0 Å². The number of aliphatic hydroxyl groups is 1. The summed E-state index contributed by atoms with van der Waals surface area (Å²) in [6.45, 7) is 2.39. The lowest BCUT2D eigenvalue weighted by Crippen LogP contribution is -2.30. The van der Waals surface area contributed by atoms with Crippen LogP contribution in [-0.2, 0) is 9.59 Å². The number of carbonyl (C=O) groups is 2. The van der Waals surface area contributed by atoms with E-state index >= 15 is 0 Å². The van der Waals surface area contributed by atoms with Gasteiger partial charge in [0, 0.05) is 28.8 Å². The van der Waals surface area contributed by atoms with E-state index in [-0.39, 0.29) is 11.3 Å². The highest BCUT2D eigenvalue weighted by Gasteiger charge is 2.46. The molecule has 1 fully saturated rings. The normalized spacial score (nSPS) is 18.0. The molecular formula is C23H24ClNO5. The van der Waals surface area contributed by atoms with E-state index in [4.69, 9.17) is 21.1 Å². The summed E-state index contributed by atoms with van der Waals surface area (Å²) in [5.74, 6) is -0.557. The Labute approximate surface area is 180 Å². The molecule has 1 aliphatic heterocycles. The number of hydrogen-bond acceptors (Lipinski definition) is 5. The zero-order valence-corrected chi connectivity index (χ0v) is 17.9. The zero-order chi connectivity index (χ0) is 21.8. The number of methoxy groups -OCH3 is 2.